The van der Waals surface area contributed by atoms with Crippen LogP contribution in [0.1, 0.15) is 45.7 Å². The Bertz CT molecular complexity index is 899. The number of rotatable bonds is 4. The highest BCUT2D eigenvalue weighted by atomic mass is 16.6. The van der Waals surface area contributed by atoms with Gasteiger partial charge in [-0.1, -0.05) is 20.8 Å². The van der Waals surface area contributed by atoms with Gasteiger partial charge < -0.3 is 10.0 Å². The number of carbonyl (C=O) groups is 1. The summed E-state index contributed by atoms with van der Waals surface area (Å²) < 4.78 is 1.85. The number of hydrogen-bond acceptors (Lipinski definition) is 4. The molecule has 1 aromatic heterocycles. The quantitative estimate of drug-likeness (QED) is 0.616. The minimum absolute atomic E-state index is 0.0130. The number of nitro benzene ring substituents is 1. The number of fused-ring (bicyclic) bond motifs is 1. The summed E-state index contributed by atoms with van der Waals surface area (Å²) in [6, 6.07) is 4.84. The largest absolute Gasteiger partial charge is 0.465 e. The van der Waals surface area contributed by atoms with Crippen LogP contribution in [0.2, 0.25) is 0 Å². The summed E-state index contributed by atoms with van der Waals surface area (Å²) in [5.74, 6) is 0.401. The van der Waals surface area contributed by atoms with Crippen LogP contribution in [0, 0.1) is 28.4 Å². The fourth-order valence-corrected chi connectivity index (χ4v) is 4.27. The standard InChI is InChI=1S/C20H28N4O4/c1-13-16-6-5-15(24(27)28)12-17(16)23(21-13)10-8-14-7-9-22(19(25)26)18(11-14)20(2,3)4/h5-6,12,14,18H,7-11H2,1-4H3,(H,25,26). The molecule has 0 aliphatic carbocycles. The lowest BCUT2D eigenvalue weighted by Gasteiger charge is -2.44. The number of piperidine rings is 1. The lowest BCUT2D eigenvalue weighted by Crippen LogP contribution is -2.51. The van der Waals surface area contributed by atoms with Gasteiger partial charge in [0.15, 0.2) is 0 Å². The first-order chi connectivity index (χ1) is 13.1. The van der Waals surface area contributed by atoms with E-state index in [0.717, 1.165) is 35.9 Å². The van der Waals surface area contributed by atoms with E-state index in [9.17, 15) is 20.0 Å². The summed E-state index contributed by atoms with van der Waals surface area (Å²) in [5.41, 5.74) is 1.59. The molecule has 1 saturated heterocycles. The number of aryl methyl sites for hydroxylation is 2. The Morgan fingerprint density at radius 1 is 1.39 bits per heavy atom. The molecule has 8 nitrogen and oxygen atoms in total. The van der Waals surface area contributed by atoms with E-state index in [0.29, 0.717) is 19.0 Å². The Kier molecular flexibility index (Phi) is 5.32. The molecule has 2 heterocycles. The van der Waals surface area contributed by atoms with Crippen LogP contribution in [0.5, 0.6) is 0 Å². The number of amides is 1. The molecule has 1 aromatic carbocycles. The van der Waals surface area contributed by atoms with E-state index in [1.54, 1.807) is 17.0 Å². The average molecular weight is 388 g/mol. The SMILES string of the molecule is Cc1nn(CCC2CCN(C(=O)O)C(C(C)(C)C)C2)c2cc([N+](=O)[O-])ccc12. The number of likely N-dealkylation sites (tertiary alicyclic amines) is 1. The van der Waals surface area contributed by atoms with Gasteiger partial charge in [-0.2, -0.15) is 5.10 Å². The summed E-state index contributed by atoms with van der Waals surface area (Å²) in [4.78, 5) is 23.9. The molecule has 0 saturated carbocycles. The van der Waals surface area contributed by atoms with E-state index >= 15 is 0 Å². The molecule has 1 aliphatic heterocycles. The predicted octanol–water partition coefficient (Wildman–Crippen LogP) is 4.45. The molecule has 8 heteroatoms. The van der Waals surface area contributed by atoms with Crippen molar-refractivity contribution in [3.63, 3.8) is 0 Å². The highest BCUT2D eigenvalue weighted by molar-refractivity contribution is 5.83. The fourth-order valence-electron chi connectivity index (χ4n) is 4.27. The molecule has 28 heavy (non-hydrogen) atoms. The normalized spacial score (nSPS) is 20.5. The van der Waals surface area contributed by atoms with Crippen LogP contribution in [0.15, 0.2) is 18.2 Å². The Morgan fingerprint density at radius 2 is 2.11 bits per heavy atom. The minimum Gasteiger partial charge on any atom is -0.465 e. The summed E-state index contributed by atoms with van der Waals surface area (Å²) in [7, 11) is 0. The van der Waals surface area contributed by atoms with Gasteiger partial charge in [-0.15, -0.1) is 0 Å². The van der Waals surface area contributed by atoms with Crippen LogP contribution in [0.3, 0.4) is 0 Å². The zero-order valence-corrected chi connectivity index (χ0v) is 16.9. The third-order valence-corrected chi connectivity index (χ3v) is 5.84. The molecular weight excluding hydrogens is 360 g/mol. The van der Waals surface area contributed by atoms with E-state index in [2.05, 4.69) is 25.9 Å². The van der Waals surface area contributed by atoms with Gasteiger partial charge in [0, 0.05) is 36.7 Å². The van der Waals surface area contributed by atoms with Crippen molar-refractivity contribution in [1.82, 2.24) is 14.7 Å². The molecule has 2 unspecified atom stereocenters. The van der Waals surface area contributed by atoms with Crippen molar-refractivity contribution >= 4 is 22.7 Å². The molecule has 2 aromatic rings. The second-order valence-electron chi connectivity index (χ2n) is 8.80. The van der Waals surface area contributed by atoms with Gasteiger partial charge in [-0.25, -0.2) is 4.79 Å². The lowest BCUT2D eigenvalue weighted by molar-refractivity contribution is -0.384. The Labute approximate surface area is 164 Å². The van der Waals surface area contributed by atoms with Gasteiger partial charge in [0.05, 0.1) is 16.1 Å². The molecule has 1 aliphatic rings. The Morgan fingerprint density at radius 3 is 2.71 bits per heavy atom. The number of aromatic nitrogens is 2. The number of benzene rings is 1. The van der Waals surface area contributed by atoms with Crippen LogP contribution in [-0.2, 0) is 6.54 Å². The van der Waals surface area contributed by atoms with E-state index in [-0.39, 0.29) is 22.1 Å². The molecule has 152 valence electrons. The number of non-ortho nitro benzene ring substituents is 1. The van der Waals surface area contributed by atoms with Crippen LogP contribution in [0.25, 0.3) is 10.9 Å². The Balaban J connectivity index is 1.76. The van der Waals surface area contributed by atoms with Crippen molar-refractivity contribution in [3.8, 4) is 0 Å². The molecule has 1 N–H and O–H groups in total. The summed E-state index contributed by atoms with van der Waals surface area (Å²) in [6.07, 6.45) is 1.68. The highest BCUT2D eigenvalue weighted by Crippen LogP contribution is 2.36. The molecule has 0 bridgehead atoms. The van der Waals surface area contributed by atoms with E-state index in [1.165, 1.54) is 6.07 Å². The van der Waals surface area contributed by atoms with Gasteiger partial charge in [0.2, 0.25) is 0 Å². The molecule has 0 radical (unpaired) electrons. The number of carboxylic acid groups (broad SMARTS) is 1. The van der Waals surface area contributed by atoms with E-state index in [1.807, 2.05) is 11.6 Å². The van der Waals surface area contributed by atoms with Gasteiger partial charge >= 0.3 is 6.09 Å². The van der Waals surface area contributed by atoms with Crippen LogP contribution in [-0.4, -0.2) is 43.4 Å². The predicted molar refractivity (Wildman–Crippen MR) is 106 cm³/mol. The third kappa shape index (κ3) is 3.95. The zero-order chi connectivity index (χ0) is 20.6. The van der Waals surface area contributed by atoms with E-state index < -0.39 is 6.09 Å². The lowest BCUT2D eigenvalue weighted by atomic mass is 9.76. The van der Waals surface area contributed by atoms with Gasteiger partial charge in [0.1, 0.15) is 0 Å². The molecule has 0 spiro atoms. The second-order valence-corrected chi connectivity index (χ2v) is 8.80. The fraction of sp³-hybridized carbons (Fsp3) is 0.600. The van der Waals surface area contributed by atoms with Crippen molar-refractivity contribution < 1.29 is 14.8 Å². The van der Waals surface area contributed by atoms with E-state index in [4.69, 9.17) is 0 Å². The van der Waals surface area contributed by atoms with Gasteiger partial charge in [-0.05, 0) is 43.6 Å². The van der Waals surface area contributed by atoms with Crippen molar-refractivity contribution in [2.75, 3.05) is 6.54 Å². The molecule has 2 atom stereocenters. The molecular formula is C20H28N4O4. The smallest absolute Gasteiger partial charge is 0.407 e. The molecule has 1 fully saturated rings. The summed E-state index contributed by atoms with van der Waals surface area (Å²) in [6.45, 7) is 9.37. The molecule has 1 amide bonds. The topological polar surface area (TPSA) is 102 Å². The van der Waals surface area contributed by atoms with Crippen LogP contribution in [0.4, 0.5) is 10.5 Å². The average Bonchev–Trinajstić information content (AvgIpc) is 2.94. The van der Waals surface area contributed by atoms with Crippen molar-refractivity contribution in [2.45, 2.75) is 59.5 Å². The van der Waals surface area contributed by atoms with Crippen molar-refractivity contribution in [3.05, 3.63) is 34.0 Å². The van der Waals surface area contributed by atoms with Gasteiger partial charge in [-0.3, -0.25) is 14.8 Å². The number of nitro groups is 1. The monoisotopic (exact) mass is 388 g/mol. The number of nitrogens with zero attached hydrogens (tertiary/aromatic N) is 4. The maximum absolute atomic E-state index is 11.6. The summed E-state index contributed by atoms with van der Waals surface area (Å²) in [5, 5.41) is 26.1. The number of hydrogen-bond donors (Lipinski definition) is 1. The first kappa shape index (κ1) is 20.1. The van der Waals surface area contributed by atoms with Crippen molar-refractivity contribution in [2.24, 2.45) is 11.3 Å². The van der Waals surface area contributed by atoms with Crippen molar-refractivity contribution in [1.29, 1.82) is 0 Å². The van der Waals surface area contributed by atoms with Crippen LogP contribution >= 0.6 is 0 Å². The third-order valence-electron chi connectivity index (χ3n) is 5.84. The zero-order valence-electron chi connectivity index (χ0n) is 16.9. The summed E-state index contributed by atoms with van der Waals surface area (Å²) >= 11 is 0. The Hall–Kier alpha value is -2.64. The first-order valence-corrected chi connectivity index (χ1v) is 9.69. The minimum atomic E-state index is -0.848. The maximum Gasteiger partial charge on any atom is 0.407 e. The maximum atomic E-state index is 11.6. The first-order valence-electron chi connectivity index (χ1n) is 9.69. The highest BCUT2D eigenvalue weighted by Gasteiger charge is 2.38. The second kappa shape index (κ2) is 7.41. The molecule has 3 rings (SSSR count). The van der Waals surface area contributed by atoms with Gasteiger partial charge in [0.25, 0.3) is 5.69 Å². The van der Waals surface area contributed by atoms with Crippen LogP contribution < -0.4 is 0 Å².